The van der Waals surface area contributed by atoms with E-state index in [1.54, 1.807) is 19.0 Å². The zero-order valence-electron chi connectivity index (χ0n) is 17.4. The molecule has 0 aliphatic rings. The van der Waals surface area contributed by atoms with Crippen molar-refractivity contribution in [2.24, 2.45) is 0 Å². The fourth-order valence-corrected chi connectivity index (χ4v) is 3.19. The number of ether oxygens (including phenoxy) is 1. The smallest absolute Gasteiger partial charge is 0.303 e. The van der Waals surface area contributed by atoms with Crippen molar-refractivity contribution in [1.82, 2.24) is 14.5 Å². The van der Waals surface area contributed by atoms with Gasteiger partial charge in [-0.15, -0.1) is 0 Å². The van der Waals surface area contributed by atoms with Crippen LogP contribution in [0.1, 0.15) is 25.7 Å². The lowest BCUT2D eigenvalue weighted by Gasteiger charge is -2.13. The number of aromatic nitrogens is 2. The van der Waals surface area contributed by atoms with Gasteiger partial charge in [-0.3, -0.25) is 9.59 Å². The number of fused-ring (bicyclic) bond motifs is 1. The summed E-state index contributed by atoms with van der Waals surface area (Å²) in [4.78, 5) is 29.3. The quantitative estimate of drug-likeness (QED) is 0.515. The maximum absolute atomic E-state index is 12.4. The largest absolute Gasteiger partial charge is 0.494 e. The zero-order valence-corrected chi connectivity index (χ0v) is 17.4. The highest BCUT2D eigenvalue weighted by Gasteiger charge is 2.16. The summed E-state index contributed by atoms with van der Waals surface area (Å²) in [6.45, 7) is 0.730. The minimum atomic E-state index is -0.765. The molecule has 1 aromatic heterocycles. The van der Waals surface area contributed by atoms with Crippen molar-refractivity contribution in [1.29, 1.82) is 0 Å². The number of unbranched alkanes of at least 4 members (excludes halogenated alkanes) is 2. The second-order valence-electron chi connectivity index (χ2n) is 7.38. The van der Waals surface area contributed by atoms with Gasteiger partial charge in [-0.1, -0.05) is 30.3 Å². The predicted molar refractivity (Wildman–Crippen MR) is 115 cm³/mol. The first kappa shape index (κ1) is 21.4. The van der Waals surface area contributed by atoms with Gasteiger partial charge < -0.3 is 19.3 Å². The minimum absolute atomic E-state index is 0.00633. The highest BCUT2D eigenvalue weighted by atomic mass is 16.5. The summed E-state index contributed by atoms with van der Waals surface area (Å²) >= 11 is 0. The number of carboxylic acid groups (broad SMARTS) is 1. The van der Waals surface area contributed by atoms with Gasteiger partial charge in [0.05, 0.1) is 17.6 Å². The van der Waals surface area contributed by atoms with Crippen molar-refractivity contribution in [2.75, 3.05) is 20.7 Å². The maximum atomic E-state index is 12.4. The van der Waals surface area contributed by atoms with E-state index in [1.165, 1.54) is 0 Å². The third kappa shape index (κ3) is 5.37. The first-order valence-electron chi connectivity index (χ1n) is 10.1. The molecule has 7 nitrogen and oxygen atoms in total. The lowest BCUT2D eigenvalue weighted by atomic mass is 10.2. The molecular weight excluding hydrogens is 382 g/mol. The molecule has 0 saturated carbocycles. The number of carbonyl (C=O) groups excluding carboxylic acids is 1. The summed E-state index contributed by atoms with van der Waals surface area (Å²) in [6, 6.07) is 15.5. The Morgan fingerprint density at radius 2 is 1.83 bits per heavy atom. The number of imidazole rings is 1. The average Bonchev–Trinajstić information content (AvgIpc) is 3.08. The van der Waals surface area contributed by atoms with Crippen molar-refractivity contribution in [3.8, 4) is 17.1 Å². The average molecular weight is 409 g/mol. The zero-order chi connectivity index (χ0) is 21.5. The fraction of sp³-hybridized carbons (Fsp3) is 0.348. The fourth-order valence-electron chi connectivity index (χ4n) is 3.19. The van der Waals surface area contributed by atoms with Gasteiger partial charge >= 0.3 is 5.97 Å². The first-order valence-corrected chi connectivity index (χ1v) is 10.1. The Hall–Kier alpha value is -3.35. The molecule has 2 aromatic carbocycles. The Labute approximate surface area is 175 Å². The summed E-state index contributed by atoms with van der Waals surface area (Å²) in [7, 11) is 3.48. The minimum Gasteiger partial charge on any atom is -0.494 e. The van der Waals surface area contributed by atoms with Crippen LogP contribution in [0.2, 0.25) is 0 Å². The molecule has 158 valence electrons. The monoisotopic (exact) mass is 409 g/mol. The normalized spacial score (nSPS) is 10.9. The number of carboxylic acids is 1. The molecular formula is C23H27N3O4. The molecule has 0 aliphatic heterocycles. The first-order chi connectivity index (χ1) is 14.5. The van der Waals surface area contributed by atoms with Gasteiger partial charge in [0.1, 0.15) is 18.1 Å². The molecule has 0 aliphatic carbocycles. The summed E-state index contributed by atoms with van der Waals surface area (Å²) in [5.41, 5.74) is 2.59. The Bertz CT molecular complexity index is 1010. The number of nitrogens with zero attached hydrogens (tertiary/aromatic N) is 3. The second-order valence-corrected chi connectivity index (χ2v) is 7.38. The van der Waals surface area contributed by atoms with Crippen LogP contribution in [0, 0.1) is 0 Å². The van der Waals surface area contributed by atoms with Crippen molar-refractivity contribution >= 4 is 22.9 Å². The van der Waals surface area contributed by atoms with Gasteiger partial charge in [-0.25, -0.2) is 4.98 Å². The van der Waals surface area contributed by atoms with Crippen LogP contribution in [0.4, 0.5) is 0 Å². The van der Waals surface area contributed by atoms with Crippen molar-refractivity contribution < 1.29 is 19.4 Å². The van der Waals surface area contributed by atoms with Crippen LogP contribution in [0.25, 0.3) is 22.4 Å². The molecule has 7 heteroatoms. The summed E-state index contributed by atoms with van der Waals surface area (Å²) in [6.07, 6.45) is 2.46. The molecule has 1 amide bonds. The van der Waals surface area contributed by atoms with E-state index in [4.69, 9.17) is 14.8 Å². The van der Waals surface area contributed by atoms with Crippen LogP contribution in [-0.2, 0) is 16.1 Å². The Morgan fingerprint density at radius 1 is 1.07 bits per heavy atom. The maximum Gasteiger partial charge on any atom is 0.303 e. The number of carbonyl (C=O) groups is 2. The molecule has 0 atom stereocenters. The lowest BCUT2D eigenvalue weighted by Crippen LogP contribution is -2.26. The highest BCUT2D eigenvalue weighted by Crippen LogP contribution is 2.27. The van der Waals surface area contributed by atoms with Crippen molar-refractivity contribution in [3.05, 3.63) is 48.5 Å². The van der Waals surface area contributed by atoms with Gasteiger partial charge in [0.25, 0.3) is 0 Å². The third-order valence-electron chi connectivity index (χ3n) is 4.85. The molecule has 0 saturated heterocycles. The van der Waals surface area contributed by atoms with Crippen LogP contribution in [-0.4, -0.2) is 52.1 Å². The van der Waals surface area contributed by atoms with E-state index in [9.17, 15) is 9.59 Å². The molecule has 0 spiro atoms. The molecule has 0 fully saturated rings. The van der Waals surface area contributed by atoms with E-state index in [-0.39, 0.29) is 18.9 Å². The van der Waals surface area contributed by atoms with Gasteiger partial charge in [0.2, 0.25) is 5.91 Å². The molecule has 3 rings (SSSR count). The van der Waals surface area contributed by atoms with E-state index in [0.29, 0.717) is 18.8 Å². The number of rotatable bonds is 10. The van der Waals surface area contributed by atoms with Crippen LogP contribution >= 0.6 is 0 Å². The number of amides is 1. The molecule has 1 N–H and O–H groups in total. The SMILES string of the molecule is CN(C)C(=O)Cn1c(-c2ccccc2)nc2cc(OCCCCCC(=O)O)ccc21. The molecule has 3 aromatic rings. The second kappa shape index (κ2) is 9.91. The standard InChI is InChI=1S/C23H27N3O4/c1-25(2)21(27)16-26-20-13-12-18(30-14-8-4-7-11-22(28)29)15-19(20)24-23(26)17-9-5-3-6-10-17/h3,5-6,9-10,12-13,15H,4,7-8,11,14,16H2,1-2H3,(H,28,29). The van der Waals surface area contributed by atoms with E-state index < -0.39 is 5.97 Å². The van der Waals surface area contributed by atoms with Gasteiger partial charge in [0.15, 0.2) is 0 Å². The molecule has 0 radical (unpaired) electrons. The summed E-state index contributed by atoms with van der Waals surface area (Å²) in [5.74, 6) is 0.683. The lowest BCUT2D eigenvalue weighted by molar-refractivity contribution is -0.137. The van der Waals surface area contributed by atoms with E-state index in [1.807, 2.05) is 53.1 Å². The number of aliphatic carboxylic acids is 1. The molecule has 0 bridgehead atoms. The summed E-state index contributed by atoms with van der Waals surface area (Å²) in [5, 5.41) is 8.68. The van der Waals surface area contributed by atoms with Crippen molar-refractivity contribution in [2.45, 2.75) is 32.2 Å². The van der Waals surface area contributed by atoms with Gasteiger partial charge in [-0.2, -0.15) is 0 Å². The highest BCUT2D eigenvalue weighted by molar-refractivity contribution is 5.85. The van der Waals surface area contributed by atoms with Crippen molar-refractivity contribution in [3.63, 3.8) is 0 Å². The van der Waals surface area contributed by atoms with Gasteiger partial charge in [-0.05, 0) is 31.4 Å². The molecule has 1 heterocycles. The van der Waals surface area contributed by atoms with Crippen LogP contribution in [0.15, 0.2) is 48.5 Å². The molecule has 30 heavy (non-hydrogen) atoms. The number of benzene rings is 2. The van der Waals surface area contributed by atoms with Crippen LogP contribution in [0.5, 0.6) is 5.75 Å². The third-order valence-corrected chi connectivity index (χ3v) is 4.85. The van der Waals surface area contributed by atoms with Gasteiger partial charge in [0, 0.05) is 32.1 Å². The number of hydrogen-bond acceptors (Lipinski definition) is 4. The Balaban J connectivity index is 1.79. The Morgan fingerprint density at radius 3 is 2.53 bits per heavy atom. The Kier molecular flexibility index (Phi) is 7.06. The van der Waals surface area contributed by atoms with Crippen LogP contribution in [0.3, 0.4) is 0 Å². The van der Waals surface area contributed by atoms with Crippen LogP contribution < -0.4 is 4.74 Å². The number of likely N-dealkylation sites (N-methyl/N-ethyl adjacent to an activating group) is 1. The summed E-state index contributed by atoms with van der Waals surface area (Å²) < 4.78 is 7.76. The number of hydrogen-bond donors (Lipinski definition) is 1. The van der Waals surface area contributed by atoms with E-state index in [0.717, 1.165) is 35.3 Å². The van der Waals surface area contributed by atoms with E-state index in [2.05, 4.69) is 0 Å². The molecule has 0 unspecified atom stereocenters. The van der Waals surface area contributed by atoms with E-state index >= 15 is 0 Å². The topological polar surface area (TPSA) is 84.7 Å². The predicted octanol–water partition coefficient (Wildman–Crippen LogP) is 3.82.